The average molecular weight is 344 g/mol. The second-order valence-electron chi connectivity index (χ2n) is 7.17. The van der Waals surface area contributed by atoms with Crippen molar-refractivity contribution in [3.63, 3.8) is 0 Å². The third-order valence-corrected chi connectivity index (χ3v) is 5.43. The SMILES string of the molecule is CCn1c(CCNC(=O)NC2CCCC2(C)CO)nc2ccccc21. The van der Waals surface area contributed by atoms with Crippen LogP contribution in [0, 0.1) is 5.41 Å². The summed E-state index contributed by atoms with van der Waals surface area (Å²) < 4.78 is 2.19. The summed E-state index contributed by atoms with van der Waals surface area (Å²) in [4.78, 5) is 16.9. The number of nitrogens with one attached hydrogen (secondary N) is 2. The molecule has 3 rings (SSSR count). The molecular formula is C19H28N4O2. The van der Waals surface area contributed by atoms with E-state index in [1.54, 1.807) is 0 Å². The van der Waals surface area contributed by atoms with Gasteiger partial charge in [-0.15, -0.1) is 0 Å². The van der Waals surface area contributed by atoms with Gasteiger partial charge in [0, 0.05) is 31.0 Å². The first-order valence-corrected chi connectivity index (χ1v) is 9.17. The number of para-hydroxylation sites is 2. The van der Waals surface area contributed by atoms with Crippen molar-refractivity contribution >= 4 is 17.1 Å². The molecule has 0 saturated heterocycles. The summed E-state index contributed by atoms with van der Waals surface area (Å²) in [5.41, 5.74) is 1.93. The van der Waals surface area contributed by atoms with Crippen LogP contribution in [-0.4, -0.2) is 39.9 Å². The van der Waals surface area contributed by atoms with Gasteiger partial charge in [-0.2, -0.15) is 0 Å². The van der Waals surface area contributed by atoms with Gasteiger partial charge in [-0.3, -0.25) is 0 Å². The summed E-state index contributed by atoms with van der Waals surface area (Å²) in [6.07, 6.45) is 3.62. The maximum atomic E-state index is 12.2. The average Bonchev–Trinajstić information content (AvgIpc) is 3.15. The minimum Gasteiger partial charge on any atom is -0.396 e. The Bertz CT molecular complexity index is 742. The lowest BCUT2D eigenvalue weighted by atomic mass is 9.86. The summed E-state index contributed by atoms with van der Waals surface area (Å²) in [6.45, 7) is 5.65. The second-order valence-corrected chi connectivity index (χ2v) is 7.17. The largest absolute Gasteiger partial charge is 0.396 e. The molecule has 6 nitrogen and oxygen atoms in total. The first-order valence-electron chi connectivity index (χ1n) is 9.17. The minimum atomic E-state index is -0.201. The topological polar surface area (TPSA) is 79.2 Å². The number of aliphatic hydroxyl groups excluding tert-OH is 1. The van der Waals surface area contributed by atoms with Crippen molar-refractivity contribution in [2.75, 3.05) is 13.2 Å². The van der Waals surface area contributed by atoms with Crippen LogP contribution in [0.15, 0.2) is 24.3 Å². The van der Waals surface area contributed by atoms with Crippen LogP contribution in [0.5, 0.6) is 0 Å². The zero-order chi connectivity index (χ0) is 17.9. The van der Waals surface area contributed by atoms with E-state index in [1.807, 2.05) is 25.1 Å². The molecule has 0 spiro atoms. The number of aryl methyl sites for hydroxylation is 1. The monoisotopic (exact) mass is 344 g/mol. The molecule has 0 aliphatic heterocycles. The van der Waals surface area contributed by atoms with Gasteiger partial charge < -0.3 is 20.3 Å². The van der Waals surface area contributed by atoms with E-state index < -0.39 is 0 Å². The molecule has 2 aromatic rings. The van der Waals surface area contributed by atoms with E-state index in [4.69, 9.17) is 0 Å². The number of urea groups is 1. The van der Waals surface area contributed by atoms with E-state index in [9.17, 15) is 9.90 Å². The van der Waals surface area contributed by atoms with Gasteiger partial charge in [0.15, 0.2) is 0 Å². The third kappa shape index (κ3) is 3.63. The van der Waals surface area contributed by atoms with Gasteiger partial charge in [-0.25, -0.2) is 9.78 Å². The standard InChI is InChI=1S/C19H28N4O2/c1-3-23-15-8-5-4-7-14(15)21-17(23)10-12-20-18(25)22-16-9-6-11-19(16,2)13-24/h4-5,7-8,16,24H,3,6,9-13H2,1-2H3,(H2,20,22,25). The molecule has 3 N–H and O–H groups in total. The van der Waals surface area contributed by atoms with E-state index in [0.29, 0.717) is 13.0 Å². The predicted molar refractivity (Wildman–Crippen MR) is 98.5 cm³/mol. The summed E-state index contributed by atoms with van der Waals surface area (Å²) >= 11 is 0. The molecule has 1 fully saturated rings. The molecule has 1 aromatic carbocycles. The molecule has 6 heteroatoms. The molecule has 2 atom stereocenters. The van der Waals surface area contributed by atoms with Gasteiger partial charge in [-0.1, -0.05) is 25.5 Å². The molecule has 1 saturated carbocycles. The number of fused-ring (bicyclic) bond motifs is 1. The molecule has 1 aromatic heterocycles. The predicted octanol–water partition coefficient (Wildman–Crippen LogP) is 2.45. The Morgan fingerprint density at radius 3 is 3.00 bits per heavy atom. The van der Waals surface area contributed by atoms with Gasteiger partial charge in [-0.05, 0) is 31.9 Å². The Morgan fingerprint density at radius 1 is 1.44 bits per heavy atom. The number of carbonyl (C=O) groups is 1. The number of hydrogen-bond acceptors (Lipinski definition) is 3. The van der Waals surface area contributed by atoms with Crippen LogP contribution in [0.25, 0.3) is 11.0 Å². The summed E-state index contributed by atoms with van der Waals surface area (Å²) in [7, 11) is 0. The Hall–Kier alpha value is -2.08. The highest BCUT2D eigenvalue weighted by Gasteiger charge is 2.39. The molecule has 25 heavy (non-hydrogen) atoms. The molecule has 0 radical (unpaired) electrons. The number of rotatable bonds is 6. The lowest BCUT2D eigenvalue weighted by molar-refractivity contribution is 0.121. The van der Waals surface area contributed by atoms with Crippen molar-refractivity contribution < 1.29 is 9.90 Å². The number of aliphatic hydroxyl groups is 1. The van der Waals surface area contributed by atoms with Crippen molar-refractivity contribution in [2.24, 2.45) is 5.41 Å². The lowest BCUT2D eigenvalue weighted by Gasteiger charge is -2.30. The second kappa shape index (κ2) is 7.44. The van der Waals surface area contributed by atoms with Crippen LogP contribution >= 0.6 is 0 Å². The molecule has 1 aliphatic carbocycles. The highest BCUT2D eigenvalue weighted by Crippen LogP contribution is 2.37. The zero-order valence-corrected chi connectivity index (χ0v) is 15.1. The first-order chi connectivity index (χ1) is 12.1. The fourth-order valence-electron chi connectivity index (χ4n) is 3.83. The molecule has 1 heterocycles. The van der Waals surface area contributed by atoms with Crippen molar-refractivity contribution in [2.45, 2.75) is 52.1 Å². The zero-order valence-electron chi connectivity index (χ0n) is 15.1. The smallest absolute Gasteiger partial charge is 0.315 e. The molecule has 2 unspecified atom stereocenters. The van der Waals surface area contributed by atoms with Crippen LogP contribution in [0.4, 0.5) is 4.79 Å². The number of nitrogens with zero attached hydrogens (tertiary/aromatic N) is 2. The van der Waals surface area contributed by atoms with Crippen molar-refractivity contribution in [1.29, 1.82) is 0 Å². The van der Waals surface area contributed by atoms with Crippen molar-refractivity contribution in [1.82, 2.24) is 20.2 Å². The highest BCUT2D eigenvalue weighted by molar-refractivity contribution is 5.76. The number of benzene rings is 1. The Balaban J connectivity index is 1.55. The van der Waals surface area contributed by atoms with Crippen LogP contribution < -0.4 is 10.6 Å². The highest BCUT2D eigenvalue weighted by atomic mass is 16.3. The Kier molecular flexibility index (Phi) is 5.27. The van der Waals surface area contributed by atoms with Gasteiger partial charge in [0.05, 0.1) is 17.6 Å². The van der Waals surface area contributed by atoms with E-state index in [-0.39, 0.29) is 24.1 Å². The van der Waals surface area contributed by atoms with Gasteiger partial charge in [0.2, 0.25) is 0 Å². The number of imidazole rings is 1. The molecular weight excluding hydrogens is 316 g/mol. The van der Waals surface area contributed by atoms with Crippen molar-refractivity contribution in [3.8, 4) is 0 Å². The summed E-state index contributed by atoms with van der Waals surface area (Å²) in [6, 6.07) is 7.98. The van der Waals surface area contributed by atoms with Crippen LogP contribution in [-0.2, 0) is 13.0 Å². The maximum Gasteiger partial charge on any atom is 0.315 e. The van der Waals surface area contributed by atoms with Crippen LogP contribution in [0.3, 0.4) is 0 Å². The van der Waals surface area contributed by atoms with Crippen LogP contribution in [0.1, 0.15) is 38.9 Å². The number of carbonyl (C=O) groups excluding carboxylic acids is 1. The number of aromatic nitrogens is 2. The quantitative estimate of drug-likeness (QED) is 0.753. The molecule has 0 bridgehead atoms. The van der Waals surface area contributed by atoms with Crippen LogP contribution in [0.2, 0.25) is 0 Å². The lowest BCUT2D eigenvalue weighted by Crippen LogP contribution is -2.49. The fraction of sp³-hybridized carbons (Fsp3) is 0.579. The van der Waals surface area contributed by atoms with E-state index in [0.717, 1.165) is 42.7 Å². The van der Waals surface area contributed by atoms with Gasteiger partial charge in [0.1, 0.15) is 5.82 Å². The number of hydrogen-bond donors (Lipinski definition) is 3. The van der Waals surface area contributed by atoms with Gasteiger partial charge in [0.25, 0.3) is 0 Å². The van der Waals surface area contributed by atoms with E-state index in [1.165, 1.54) is 0 Å². The minimum absolute atomic E-state index is 0.0396. The summed E-state index contributed by atoms with van der Waals surface area (Å²) in [5, 5.41) is 15.5. The maximum absolute atomic E-state index is 12.2. The van der Waals surface area contributed by atoms with E-state index in [2.05, 4.69) is 33.2 Å². The number of amides is 2. The fourth-order valence-corrected chi connectivity index (χ4v) is 3.83. The normalized spacial score (nSPS) is 23.1. The first kappa shape index (κ1) is 17.7. The molecule has 1 aliphatic rings. The Labute approximate surface area is 148 Å². The van der Waals surface area contributed by atoms with Gasteiger partial charge >= 0.3 is 6.03 Å². The molecule has 2 amide bonds. The molecule has 136 valence electrons. The summed E-state index contributed by atoms with van der Waals surface area (Å²) in [5.74, 6) is 0.991. The van der Waals surface area contributed by atoms with E-state index >= 15 is 0 Å². The third-order valence-electron chi connectivity index (χ3n) is 5.43. The van der Waals surface area contributed by atoms with Crippen molar-refractivity contribution in [3.05, 3.63) is 30.1 Å². The Morgan fingerprint density at radius 2 is 2.24 bits per heavy atom.